The molecule has 2 aliphatic heterocycles. The van der Waals surface area contributed by atoms with Crippen LogP contribution in [0.25, 0.3) is 0 Å². The van der Waals surface area contributed by atoms with Gasteiger partial charge in [0.25, 0.3) is 0 Å². The molecule has 2 atom stereocenters. The molecule has 2 aliphatic rings. The van der Waals surface area contributed by atoms with Gasteiger partial charge in [-0.1, -0.05) is 0 Å². The first-order chi connectivity index (χ1) is 10.7. The summed E-state index contributed by atoms with van der Waals surface area (Å²) in [7, 11) is 0. The summed E-state index contributed by atoms with van der Waals surface area (Å²) in [6.45, 7) is 7.99. The molecule has 0 aromatic heterocycles. The van der Waals surface area contributed by atoms with Crippen LogP contribution in [0.5, 0.6) is 0 Å². The summed E-state index contributed by atoms with van der Waals surface area (Å²) in [5.41, 5.74) is -0.482. The van der Waals surface area contributed by atoms with Crippen molar-refractivity contribution in [1.29, 1.82) is 0 Å². The van der Waals surface area contributed by atoms with Crippen LogP contribution in [0, 0.1) is 5.92 Å². The molecule has 7 heteroatoms. The van der Waals surface area contributed by atoms with E-state index in [1.807, 2.05) is 20.8 Å². The third-order valence-electron chi connectivity index (χ3n) is 4.14. The van der Waals surface area contributed by atoms with E-state index in [4.69, 9.17) is 14.6 Å². The van der Waals surface area contributed by atoms with Crippen molar-refractivity contribution < 1.29 is 24.2 Å². The Morgan fingerprint density at radius 1 is 1.13 bits per heavy atom. The number of aliphatic carboxylic acids is 1. The van der Waals surface area contributed by atoms with Crippen molar-refractivity contribution in [2.45, 2.75) is 57.8 Å². The predicted octanol–water partition coefficient (Wildman–Crippen LogP) is 1.47. The highest BCUT2D eigenvalue weighted by Gasteiger charge is 2.31. The van der Waals surface area contributed by atoms with Crippen LogP contribution < -0.4 is 5.32 Å². The number of ether oxygens (including phenoxy) is 2. The summed E-state index contributed by atoms with van der Waals surface area (Å²) in [5.74, 6) is -1.15. The molecule has 0 saturated carbocycles. The lowest BCUT2D eigenvalue weighted by Crippen LogP contribution is -2.47. The van der Waals surface area contributed by atoms with E-state index in [-0.39, 0.29) is 24.2 Å². The lowest BCUT2D eigenvalue weighted by Gasteiger charge is -2.36. The minimum atomic E-state index is -0.773. The molecule has 2 fully saturated rings. The SMILES string of the molecule is CC(C)(C)OC(=O)N1CCC(OC2CNCC(C(=O)O)C2)CC1. The van der Waals surface area contributed by atoms with Crippen molar-refractivity contribution in [3.63, 3.8) is 0 Å². The van der Waals surface area contributed by atoms with Crippen molar-refractivity contribution in [2.75, 3.05) is 26.2 Å². The second-order valence-corrected chi connectivity index (χ2v) is 7.35. The van der Waals surface area contributed by atoms with Crippen molar-refractivity contribution in [3.8, 4) is 0 Å². The van der Waals surface area contributed by atoms with Crippen LogP contribution in [0.1, 0.15) is 40.0 Å². The first-order valence-corrected chi connectivity index (χ1v) is 8.31. The van der Waals surface area contributed by atoms with Gasteiger partial charge in [-0.3, -0.25) is 4.79 Å². The molecule has 132 valence electrons. The van der Waals surface area contributed by atoms with Gasteiger partial charge in [0.2, 0.25) is 0 Å². The fourth-order valence-corrected chi connectivity index (χ4v) is 2.97. The van der Waals surface area contributed by atoms with Gasteiger partial charge >= 0.3 is 12.1 Å². The Kier molecular flexibility index (Phi) is 5.86. The minimum Gasteiger partial charge on any atom is -0.481 e. The maximum absolute atomic E-state index is 12.0. The van der Waals surface area contributed by atoms with Crippen LogP contribution in [0.2, 0.25) is 0 Å². The molecule has 1 amide bonds. The molecule has 0 radical (unpaired) electrons. The summed E-state index contributed by atoms with van der Waals surface area (Å²) in [6.07, 6.45) is 1.80. The minimum absolute atomic E-state index is 0.0667. The van der Waals surface area contributed by atoms with Crippen LogP contribution in [0.4, 0.5) is 4.79 Å². The van der Waals surface area contributed by atoms with Gasteiger partial charge < -0.3 is 24.8 Å². The van der Waals surface area contributed by atoms with Crippen molar-refractivity contribution in [2.24, 2.45) is 5.92 Å². The zero-order chi connectivity index (χ0) is 17.0. The summed E-state index contributed by atoms with van der Waals surface area (Å²) in [4.78, 5) is 24.8. The maximum Gasteiger partial charge on any atom is 0.410 e. The number of carbonyl (C=O) groups is 2. The van der Waals surface area contributed by atoms with E-state index >= 15 is 0 Å². The van der Waals surface area contributed by atoms with Gasteiger partial charge in [-0.05, 0) is 40.0 Å². The number of likely N-dealkylation sites (tertiary alicyclic amines) is 1. The van der Waals surface area contributed by atoms with E-state index in [9.17, 15) is 9.59 Å². The average molecular weight is 328 g/mol. The van der Waals surface area contributed by atoms with Crippen LogP contribution in [0.15, 0.2) is 0 Å². The third kappa shape index (κ3) is 5.66. The summed E-state index contributed by atoms with van der Waals surface area (Å²) in [6, 6.07) is 0. The van der Waals surface area contributed by atoms with Crippen LogP contribution in [0.3, 0.4) is 0 Å². The third-order valence-corrected chi connectivity index (χ3v) is 4.14. The second-order valence-electron chi connectivity index (χ2n) is 7.35. The topological polar surface area (TPSA) is 88.1 Å². The molecular formula is C16H28N2O5. The highest BCUT2D eigenvalue weighted by Crippen LogP contribution is 2.21. The molecular weight excluding hydrogens is 300 g/mol. The molecule has 2 heterocycles. The number of hydrogen-bond donors (Lipinski definition) is 2. The van der Waals surface area contributed by atoms with Gasteiger partial charge in [-0.2, -0.15) is 0 Å². The van der Waals surface area contributed by atoms with E-state index in [1.165, 1.54) is 0 Å². The van der Waals surface area contributed by atoms with Crippen molar-refractivity contribution >= 4 is 12.1 Å². The number of rotatable bonds is 3. The molecule has 0 aromatic carbocycles. The number of nitrogens with one attached hydrogen (secondary N) is 1. The number of amides is 1. The highest BCUT2D eigenvalue weighted by molar-refractivity contribution is 5.70. The van der Waals surface area contributed by atoms with E-state index in [0.717, 1.165) is 12.8 Å². The summed E-state index contributed by atoms with van der Waals surface area (Å²) < 4.78 is 11.4. The highest BCUT2D eigenvalue weighted by atomic mass is 16.6. The van der Waals surface area contributed by atoms with Crippen LogP contribution in [-0.2, 0) is 14.3 Å². The second kappa shape index (κ2) is 7.49. The van der Waals surface area contributed by atoms with Crippen molar-refractivity contribution in [1.82, 2.24) is 10.2 Å². The van der Waals surface area contributed by atoms with Gasteiger partial charge in [0.05, 0.1) is 18.1 Å². The number of piperidine rings is 2. The number of carbonyl (C=O) groups excluding carboxylic acids is 1. The van der Waals surface area contributed by atoms with Gasteiger partial charge in [0, 0.05) is 26.2 Å². The Labute approximate surface area is 137 Å². The Balaban J connectivity index is 1.74. The molecule has 7 nitrogen and oxygen atoms in total. The lowest BCUT2D eigenvalue weighted by molar-refractivity contribution is -0.145. The molecule has 0 aromatic rings. The Morgan fingerprint density at radius 3 is 2.35 bits per heavy atom. The van der Waals surface area contributed by atoms with Gasteiger partial charge in [-0.15, -0.1) is 0 Å². The fraction of sp³-hybridized carbons (Fsp3) is 0.875. The molecule has 2 N–H and O–H groups in total. The number of carboxylic acids is 1. The van der Waals surface area contributed by atoms with Gasteiger partial charge in [0.1, 0.15) is 5.60 Å². The molecule has 2 saturated heterocycles. The fourth-order valence-electron chi connectivity index (χ4n) is 2.97. The zero-order valence-electron chi connectivity index (χ0n) is 14.2. The zero-order valence-corrected chi connectivity index (χ0v) is 14.2. The predicted molar refractivity (Wildman–Crippen MR) is 84.3 cm³/mol. The maximum atomic E-state index is 12.0. The number of nitrogens with zero attached hydrogens (tertiary/aromatic N) is 1. The largest absolute Gasteiger partial charge is 0.481 e. The van der Waals surface area contributed by atoms with E-state index in [0.29, 0.717) is 32.6 Å². The van der Waals surface area contributed by atoms with E-state index < -0.39 is 11.6 Å². The first-order valence-electron chi connectivity index (χ1n) is 8.31. The lowest BCUT2D eigenvalue weighted by atomic mass is 9.97. The molecule has 2 unspecified atom stereocenters. The van der Waals surface area contributed by atoms with Gasteiger partial charge in [0.15, 0.2) is 0 Å². The summed E-state index contributed by atoms with van der Waals surface area (Å²) >= 11 is 0. The summed E-state index contributed by atoms with van der Waals surface area (Å²) in [5, 5.41) is 12.2. The van der Waals surface area contributed by atoms with Crippen molar-refractivity contribution in [3.05, 3.63) is 0 Å². The Morgan fingerprint density at radius 2 is 1.78 bits per heavy atom. The van der Waals surface area contributed by atoms with Crippen LogP contribution >= 0.6 is 0 Å². The number of hydrogen-bond acceptors (Lipinski definition) is 5. The standard InChI is InChI=1S/C16H28N2O5/c1-16(2,3)23-15(21)18-6-4-12(5-7-18)22-13-8-11(14(19)20)9-17-10-13/h11-13,17H,4-10H2,1-3H3,(H,19,20). The Hall–Kier alpha value is -1.34. The monoisotopic (exact) mass is 328 g/mol. The Bertz CT molecular complexity index is 427. The molecule has 0 spiro atoms. The molecule has 2 rings (SSSR count). The molecule has 0 aliphatic carbocycles. The first kappa shape index (κ1) is 18.0. The normalized spacial score (nSPS) is 26.8. The molecule has 23 heavy (non-hydrogen) atoms. The van der Waals surface area contributed by atoms with E-state index in [1.54, 1.807) is 4.90 Å². The quantitative estimate of drug-likeness (QED) is 0.815. The smallest absolute Gasteiger partial charge is 0.410 e. The van der Waals surface area contributed by atoms with Gasteiger partial charge in [-0.25, -0.2) is 4.79 Å². The van der Waals surface area contributed by atoms with E-state index in [2.05, 4.69) is 5.32 Å². The average Bonchev–Trinajstić information content (AvgIpc) is 2.46. The number of carboxylic acid groups (broad SMARTS) is 1. The van der Waals surface area contributed by atoms with Crippen LogP contribution in [-0.4, -0.2) is 66.1 Å². The molecule has 0 bridgehead atoms.